The van der Waals surface area contributed by atoms with Gasteiger partial charge in [-0.15, -0.1) is 24.0 Å². The first-order valence-electron chi connectivity index (χ1n) is 10.1. The average Bonchev–Trinajstić information content (AvgIpc) is 3.35. The second kappa shape index (κ2) is 10.8. The SMILES string of the molecule is CCNC(=NCc1cccnc1OCc1ccccc1)NC1CC2CCC1O2.I. The van der Waals surface area contributed by atoms with E-state index in [1.807, 2.05) is 42.5 Å². The Morgan fingerprint density at radius 3 is 2.79 bits per heavy atom. The molecule has 2 N–H and O–H groups in total. The number of nitrogens with one attached hydrogen (secondary N) is 2. The van der Waals surface area contributed by atoms with Crippen LogP contribution in [0.25, 0.3) is 0 Å². The fourth-order valence-corrected chi connectivity index (χ4v) is 3.85. The van der Waals surface area contributed by atoms with E-state index in [2.05, 4.69) is 22.5 Å². The van der Waals surface area contributed by atoms with Gasteiger partial charge in [0.2, 0.25) is 5.88 Å². The van der Waals surface area contributed by atoms with Crippen LogP contribution in [0, 0.1) is 0 Å². The van der Waals surface area contributed by atoms with E-state index in [-0.39, 0.29) is 24.0 Å². The molecular weight excluding hydrogens is 479 g/mol. The zero-order chi connectivity index (χ0) is 19.2. The van der Waals surface area contributed by atoms with Crippen LogP contribution in [0.2, 0.25) is 0 Å². The monoisotopic (exact) mass is 508 g/mol. The van der Waals surface area contributed by atoms with Crippen molar-refractivity contribution in [1.29, 1.82) is 0 Å². The highest BCUT2D eigenvalue weighted by Crippen LogP contribution is 2.34. The highest BCUT2D eigenvalue weighted by molar-refractivity contribution is 14.0. The van der Waals surface area contributed by atoms with E-state index in [9.17, 15) is 0 Å². The molecule has 2 aromatic rings. The third-order valence-electron chi connectivity index (χ3n) is 5.25. The minimum atomic E-state index is 0. The van der Waals surface area contributed by atoms with Gasteiger partial charge in [0, 0.05) is 18.3 Å². The first-order chi connectivity index (χ1) is 13.8. The van der Waals surface area contributed by atoms with Crippen LogP contribution in [0.3, 0.4) is 0 Å². The number of hydrogen-bond acceptors (Lipinski definition) is 4. The summed E-state index contributed by atoms with van der Waals surface area (Å²) in [4.78, 5) is 9.17. The maximum atomic E-state index is 5.95. The molecule has 1 aromatic carbocycles. The lowest BCUT2D eigenvalue weighted by Gasteiger charge is -2.22. The number of ether oxygens (including phenoxy) is 2. The summed E-state index contributed by atoms with van der Waals surface area (Å²) in [6, 6.07) is 14.4. The molecule has 2 saturated heterocycles. The van der Waals surface area contributed by atoms with E-state index in [4.69, 9.17) is 14.5 Å². The van der Waals surface area contributed by atoms with E-state index >= 15 is 0 Å². The molecular formula is C22H29IN4O2. The van der Waals surface area contributed by atoms with Crippen LogP contribution < -0.4 is 15.4 Å². The third-order valence-corrected chi connectivity index (χ3v) is 5.25. The van der Waals surface area contributed by atoms with Crippen molar-refractivity contribution in [3.63, 3.8) is 0 Å². The first-order valence-corrected chi connectivity index (χ1v) is 10.1. The summed E-state index contributed by atoms with van der Waals surface area (Å²) in [6.45, 7) is 3.90. The molecule has 1 aromatic heterocycles. The maximum Gasteiger partial charge on any atom is 0.218 e. The number of halogens is 1. The average molecular weight is 508 g/mol. The highest BCUT2D eigenvalue weighted by atomic mass is 127. The minimum Gasteiger partial charge on any atom is -0.473 e. The van der Waals surface area contributed by atoms with Crippen LogP contribution in [-0.2, 0) is 17.9 Å². The van der Waals surface area contributed by atoms with Crippen LogP contribution in [0.15, 0.2) is 53.7 Å². The van der Waals surface area contributed by atoms with Crippen molar-refractivity contribution in [2.24, 2.45) is 4.99 Å². The number of guanidine groups is 1. The normalized spacial score (nSPS) is 22.8. The Morgan fingerprint density at radius 1 is 1.21 bits per heavy atom. The van der Waals surface area contributed by atoms with Gasteiger partial charge in [-0.25, -0.2) is 9.98 Å². The maximum absolute atomic E-state index is 5.95. The van der Waals surface area contributed by atoms with Crippen molar-refractivity contribution < 1.29 is 9.47 Å². The van der Waals surface area contributed by atoms with Gasteiger partial charge in [-0.05, 0) is 37.8 Å². The van der Waals surface area contributed by atoms with Crippen molar-refractivity contribution in [3.8, 4) is 5.88 Å². The molecule has 0 spiro atoms. The van der Waals surface area contributed by atoms with Crippen molar-refractivity contribution in [1.82, 2.24) is 15.6 Å². The van der Waals surface area contributed by atoms with E-state index in [0.29, 0.717) is 37.3 Å². The molecule has 7 heteroatoms. The predicted octanol–water partition coefficient (Wildman–Crippen LogP) is 3.65. The van der Waals surface area contributed by atoms with E-state index in [0.717, 1.165) is 36.5 Å². The summed E-state index contributed by atoms with van der Waals surface area (Å²) in [7, 11) is 0. The molecule has 0 aliphatic carbocycles. The molecule has 0 radical (unpaired) electrons. The Kier molecular flexibility index (Phi) is 8.11. The van der Waals surface area contributed by atoms with Gasteiger partial charge in [0.15, 0.2) is 5.96 Å². The smallest absolute Gasteiger partial charge is 0.218 e. The molecule has 6 nitrogen and oxygen atoms in total. The number of aliphatic imine (C=N–C) groups is 1. The summed E-state index contributed by atoms with van der Waals surface area (Å²) in [6.07, 6.45) is 5.88. The predicted molar refractivity (Wildman–Crippen MR) is 125 cm³/mol. The van der Waals surface area contributed by atoms with Gasteiger partial charge in [-0.1, -0.05) is 36.4 Å². The molecule has 2 bridgehead atoms. The lowest BCUT2D eigenvalue weighted by molar-refractivity contribution is 0.0992. The van der Waals surface area contributed by atoms with Gasteiger partial charge < -0.3 is 20.1 Å². The molecule has 156 valence electrons. The first kappa shape index (κ1) is 21.8. The summed E-state index contributed by atoms with van der Waals surface area (Å²) >= 11 is 0. The van der Waals surface area contributed by atoms with Gasteiger partial charge in [0.1, 0.15) is 6.61 Å². The summed E-state index contributed by atoms with van der Waals surface area (Å²) in [5.74, 6) is 1.45. The lowest BCUT2D eigenvalue weighted by Crippen LogP contribution is -2.47. The fourth-order valence-electron chi connectivity index (χ4n) is 3.85. The highest BCUT2D eigenvalue weighted by Gasteiger charge is 2.41. The summed E-state index contributed by atoms with van der Waals surface area (Å²) < 4.78 is 11.9. The number of fused-ring (bicyclic) bond motifs is 2. The topological polar surface area (TPSA) is 67.8 Å². The molecule has 3 atom stereocenters. The van der Waals surface area contributed by atoms with Crippen LogP contribution >= 0.6 is 24.0 Å². The molecule has 2 aliphatic heterocycles. The van der Waals surface area contributed by atoms with E-state index in [1.54, 1.807) is 6.20 Å². The number of benzene rings is 1. The second-order valence-corrected chi connectivity index (χ2v) is 7.30. The summed E-state index contributed by atoms with van der Waals surface area (Å²) in [5, 5.41) is 6.89. The molecule has 0 amide bonds. The second-order valence-electron chi connectivity index (χ2n) is 7.30. The van der Waals surface area contributed by atoms with Gasteiger partial charge in [-0.2, -0.15) is 0 Å². The largest absolute Gasteiger partial charge is 0.473 e. The molecule has 3 heterocycles. The fraction of sp³-hybridized carbons (Fsp3) is 0.455. The van der Waals surface area contributed by atoms with Crippen molar-refractivity contribution in [3.05, 3.63) is 59.8 Å². The Balaban J connectivity index is 0.00000240. The zero-order valence-corrected chi connectivity index (χ0v) is 19.0. The number of nitrogens with zero attached hydrogens (tertiary/aromatic N) is 2. The standard InChI is InChI=1S/C22H28N4O2.HI/c1-2-23-22(26-19-13-18-10-11-20(19)28-18)25-14-17-9-6-12-24-21(17)27-15-16-7-4-3-5-8-16;/h3-9,12,18-20H,2,10-11,13-15H2,1H3,(H2,23,25,26);1H. The van der Waals surface area contributed by atoms with E-state index < -0.39 is 0 Å². The minimum absolute atomic E-state index is 0. The van der Waals surface area contributed by atoms with E-state index in [1.165, 1.54) is 6.42 Å². The Hall–Kier alpha value is -1.87. The number of rotatable bonds is 7. The Morgan fingerprint density at radius 2 is 2.07 bits per heavy atom. The van der Waals surface area contributed by atoms with Crippen molar-refractivity contribution in [2.45, 2.75) is 57.6 Å². The van der Waals surface area contributed by atoms with Gasteiger partial charge in [0.25, 0.3) is 0 Å². The zero-order valence-electron chi connectivity index (χ0n) is 16.7. The quantitative estimate of drug-likeness (QED) is 0.340. The number of hydrogen-bond donors (Lipinski definition) is 2. The van der Waals surface area contributed by atoms with Gasteiger partial charge in [0.05, 0.1) is 24.8 Å². The van der Waals surface area contributed by atoms with Gasteiger partial charge in [-0.3, -0.25) is 0 Å². The lowest BCUT2D eigenvalue weighted by atomic mass is 9.96. The third kappa shape index (κ3) is 5.82. The van der Waals surface area contributed by atoms with Crippen LogP contribution in [-0.4, -0.2) is 35.7 Å². The molecule has 3 unspecified atom stereocenters. The van der Waals surface area contributed by atoms with Crippen LogP contribution in [0.4, 0.5) is 0 Å². The molecule has 29 heavy (non-hydrogen) atoms. The number of pyridine rings is 1. The number of aromatic nitrogens is 1. The molecule has 4 rings (SSSR count). The molecule has 2 fully saturated rings. The van der Waals surface area contributed by atoms with Crippen molar-refractivity contribution in [2.75, 3.05) is 6.54 Å². The Labute approximate surface area is 189 Å². The molecule has 2 aliphatic rings. The summed E-state index contributed by atoms with van der Waals surface area (Å²) in [5.41, 5.74) is 2.09. The Bertz CT molecular complexity index is 802. The van der Waals surface area contributed by atoms with Gasteiger partial charge >= 0.3 is 0 Å². The molecule has 0 saturated carbocycles. The van der Waals surface area contributed by atoms with Crippen LogP contribution in [0.5, 0.6) is 5.88 Å². The van der Waals surface area contributed by atoms with Crippen LogP contribution in [0.1, 0.15) is 37.3 Å². The van der Waals surface area contributed by atoms with Crippen molar-refractivity contribution >= 4 is 29.9 Å².